The Kier molecular flexibility index (Phi) is 8.49. The van der Waals surface area contributed by atoms with Crippen molar-refractivity contribution in [1.82, 2.24) is 24.4 Å². The number of pyridine rings is 2. The number of rotatable bonds is 6. The molecule has 0 N–H and O–H groups in total. The molecule has 0 spiro atoms. The van der Waals surface area contributed by atoms with Gasteiger partial charge in [0.2, 0.25) is 5.91 Å². The van der Waals surface area contributed by atoms with E-state index in [1.54, 1.807) is 30.6 Å². The first-order valence-electron chi connectivity index (χ1n) is 14.2. The summed E-state index contributed by atoms with van der Waals surface area (Å²) in [6.45, 7) is 9.38. The highest BCUT2D eigenvalue weighted by Gasteiger charge is 2.36. The zero-order valence-electron chi connectivity index (χ0n) is 25.3. The summed E-state index contributed by atoms with van der Waals surface area (Å²) >= 11 is 0. The van der Waals surface area contributed by atoms with Gasteiger partial charge in [0.1, 0.15) is 17.3 Å². The molecule has 1 aromatic carbocycles. The average Bonchev–Trinajstić information content (AvgIpc) is 2.99. The largest absolute Gasteiger partial charge is 0.417 e. The van der Waals surface area contributed by atoms with E-state index in [1.807, 2.05) is 0 Å². The number of sulfone groups is 1. The maximum atomic E-state index is 16.0. The van der Waals surface area contributed by atoms with E-state index >= 15 is 4.39 Å². The number of nitrogens with zero attached hydrogens (tertiary/aromatic N) is 6. The molecule has 15 heteroatoms. The fraction of sp³-hybridized carbons (Fsp3) is 0.323. The highest BCUT2D eigenvalue weighted by Crippen LogP contribution is 2.39. The number of carbonyl (C=O) groups excluding carboxylic acids is 1. The molecule has 5 rings (SSSR count). The molecule has 1 atom stereocenters. The summed E-state index contributed by atoms with van der Waals surface area (Å²) in [6, 6.07) is 6.33. The number of hydrogen-bond acceptors (Lipinski definition) is 8. The van der Waals surface area contributed by atoms with Crippen molar-refractivity contribution in [3.63, 3.8) is 0 Å². The second kappa shape index (κ2) is 11.9. The van der Waals surface area contributed by atoms with Crippen molar-refractivity contribution in [3.05, 3.63) is 82.7 Å². The molecule has 0 unspecified atom stereocenters. The van der Waals surface area contributed by atoms with Crippen LogP contribution in [0, 0.1) is 5.82 Å². The van der Waals surface area contributed by atoms with Crippen molar-refractivity contribution in [3.8, 4) is 16.9 Å². The highest BCUT2D eigenvalue weighted by atomic mass is 32.2. The molecular weight excluding hydrogens is 628 g/mol. The van der Waals surface area contributed by atoms with Gasteiger partial charge in [-0.3, -0.25) is 4.79 Å². The van der Waals surface area contributed by atoms with E-state index < -0.39 is 55.4 Å². The van der Waals surface area contributed by atoms with Crippen molar-refractivity contribution >= 4 is 32.6 Å². The molecule has 46 heavy (non-hydrogen) atoms. The van der Waals surface area contributed by atoms with Gasteiger partial charge in [-0.15, -0.1) is 0 Å². The van der Waals surface area contributed by atoms with Crippen LogP contribution in [0.1, 0.15) is 37.8 Å². The lowest BCUT2D eigenvalue weighted by Gasteiger charge is -2.40. The first-order valence-corrected chi connectivity index (χ1v) is 16.1. The number of anilines is 1. The molecule has 10 nitrogen and oxygen atoms in total. The maximum Gasteiger partial charge on any atom is 0.417 e. The Morgan fingerprint density at radius 1 is 1.13 bits per heavy atom. The molecule has 1 saturated heterocycles. The van der Waals surface area contributed by atoms with Crippen molar-refractivity contribution in [2.75, 3.05) is 30.8 Å². The molecule has 1 aliphatic rings. The molecule has 3 aromatic heterocycles. The van der Waals surface area contributed by atoms with Crippen LogP contribution in [0.25, 0.3) is 28.0 Å². The predicted molar refractivity (Wildman–Crippen MR) is 164 cm³/mol. The topological polar surface area (TPSA) is 118 Å². The predicted octanol–water partition coefficient (Wildman–Crippen LogP) is 4.75. The second-order valence-electron chi connectivity index (χ2n) is 11.3. The summed E-state index contributed by atoms with van der Waals surface area (Å²) < 4.78 is 84.9. The number of amides is 1. The van der Waals surface area contributed by atoms with E-state index in [4.69, 9.17) is 0 Å². The Morgan fingerprint density at radius 3 is 2.43 bits per heavy atom. The van der Waals surface area contributed by atoms with Gasteiger partial charge in [-0.1, -0.05) is 38.6 Å². The fourth-order valence-corrected chi connectivity index (χ4v) is 6.48. The minimum atomic E-state index is -4.86. The minimum absolute atomic E-state index is 0.0209. The number of carbonyl (C=O) groups is 1. The first kappa shape index (κ1) is 32.7. The van der Waals surface area contributed by atoms with Crippen LogP contribution < -0.4 is 10.6 Å². The molecule has 1 fully saturated rings. The fourth-order valence-electron chi connectivity index (χ4n) is 5.66. The number of halogens is 4. The maximum absolute atomic E-state index is 16.0. The zero-order chi connectivity index (χ0) is 33.7. The molecule has 4 aromatic rings. The van der Waals surface area contributed by atoms with E-state index in [0.29, 0.717) is 5.56 Å². The van der Waals surface area contributed by atoms with Gasteiger partial charge in [-0.05, 0) is 42.7 Å². The Balaban J connectivity index is 1.90. The molecule has 242 valence electrons. The number of benzene rings is 1. The summed E-state index contributed by atoms with van der Waals surface area (Å²) in [6.07, 6.45) is -1.51. The second-order valence-corrected chi connectivity index (χ2v) is 13.2. The summed E-state index contributed by atoms with van der Waals surface area (Å²) in [5, 5.41) is -0.538. The summed E-state index contributed by atoms with van der Waals surface area (Å²) in [7, 11) is -4.08. The van der Waals surface area contributed by atoms with Gasteiger partial charge in [0.05, 0.1) is 16.6 Å². The lowest BCUT2D eigenvalue weighted by molar-refractivity contribution is -0.137. The van der Waals surface area contributed by atoms with E-state index in [0.717, 1.165) is 35.1 Å². The normalized spacial score (nSPS) is 15.9. The average molecular weight is 659 g/mol. The molecule has 0 aliphatic carbocycles. The van der Waals surface area contributed by atoms with Crippen molar-refractivity contribution < 1.29 is 30.8 Å². The van der Waals surface area contributed by atoms with Crippen LogP contribution >= 0.6 is 0 Å². The van der Waals surface area contributed by atoms with Crippen LogP contribution in [0.2, 0.25) is 0 Å². The zero-order valence-corrected chi connectivity index (χ0v) is 26.2. The van der Waals surface area contributed by atoms with Crippen molar-refractivity contribution in [2.45, 2.75) is 43.9 Å². The third-order valence-corrected chi connectivity index (χ3v) is 8.79. The van der Waals surface area contributed by atoms with Gasteiger partial charge < -0.3 is 9.80 Å². The van der Waals surface area contributed by atoms with Crippen LogP contribution in [0.3, 0.4) is 0 Å². The lowest BCUT2D eigenvalue weighted by Crippen LogP contribution is -2.54. The van der Waals surface area contributed by atoms with E-state index in [1.165, 1.54) is 24.4 Å². The van der Waals surface area contributed by atoms with Crippen molar-refractivity contribution in [2.24, 2.45) is 0 Å². The SMILES string of the molecule is C=CC(=O)N1CCN(c2nc(=O)n(-c3c(C(C)C)ccnc3S(C)(=O)=O)c3nc(-c4ccccc4C(F)(F)F)c(F)cc23)[C@@H](C)C1. The molecule has 0 saturated carbocycles. The number of aromatic nitrogens is 4. The van der Waals surface area contributed by atoms with Crippen LogP contribution in [0.5, 0.6) is 0 Å². The Morgan fingerprint density at radius 2 is 1.83 bits per heavy atom. The number of hydrogen-bond donors (Lipinski definition) is 0. The number of alkyl halides is 3. The van der Waals surface area contributed by atoms with Crippen LogP contribution in [-0.2, 0) is 20.8 Å². The van der Waals surface area contributed by atoms with Gasteiger partial charge in [0.25, 0.3) is 0 Å². The van der Waals surface area contributed by atoms with Gasteiger partial charge in [-0.2, -0.15) is 18.2 Å². The Bertz CT molecular complexity index is 2050. The monoisotopic (exact) mass is 658 g/mol. The minimum Gasteiger partial charge on any atom is -0.350 e. The van der Waals surface area contributed by atoms with Crippen LogP contribution in [0.4, 0.5) is 23.4 Å². The summed E-state index contributed by atoms with van der Waals surface area (Å²) in [5.41, 5.74) is -3.57. The molecule has 0 radical (unpaired) electrons. The van der Waals surface area contributed by atoms with Gasteiger partial charge >= 0.3 is 11.9 Å². The molecule has 1 aliphatic heterocycles. The third-order valence-electron chi connectivity index (χ3n) is 7.79. The summed E-state index contributed by atoms with van der Waals surface area (Å²) in [5.74, 6) is -1.80. The van der Waals surface area contributed by atoms with E-state index in [9.17, 15) is 31.2 Å². The Hall–Kier alpha value is -4.66. The number of fused-ring (bicyclic) bond motifs is 1. The standard InChI is InChI=1S/C31H30F4N6O4S/c1-6-24(42)39-13-14-40(18(4)16-39)27-21-15-23(32)25(20-9-7-8-10-22(20)31(33,34)35)37-28(21)41(30(43)38-27)26-19(17(2)3)11-12-36-29(26)46(5,44)45/h6-12,15,17-18H,1,13-14,16H2,2-5H3/t18-/m0/s1. The van der Waals surface area contributed by atoms with Crippen LogP contribution in [-0.4, -0.2) is 70.7 Å². The quantitative estimate of drug-likeness (QED) is 0.215. The summed E-state index contributed by atoms with van der Waals surface area (Å²) in [4.78, 5) is 42.2. The van der Waals surface area contributed by atoms with Crippen molar-refractivity contribution in [1.29, 1.82) is 0 Å². The lowest BCUT2D eigenvalue weighted by atomic mass is 10.0. The Labute approximate surface area is 261 Å². The third kappa shape index (κ3) is 5.86. The highest BCUT2D eigenvalue weighted by molar-refractivity contribution is 7.90. The molecule has 0 bridgehead atoms. The first-order chi connectivity index (χ1) is 21.5. The molecule has 4 heterocycles. The van der Waals surface area contributed by atoms with Crippen LogP contribution in [0.15, 0.2) is 65.1 Å². The smallest absolute Gasteiger partial charge is 0.350 e. The van der Waals surface area contributed by atoms with Gasteiger partial charge in [-0.25, -0.2) is 32.1 Å². The van der Waals surface area contributed by atoms with E-state index in [-0.39, 0.29) is 54.0 Å². The van der Waals surface area contributed by atoms with Gasteiger partial charge in [0, 0.05) is 43.7 Å². The molecular formula is C31H30F4N6O4S. The molecule has 1 amide bonds. The van der Waals surface area contributed by atoms with Gasteiger partial charge in [0.15, 0.2) is 20.5 Å². The number of piperazine rings is 1. The van der Waals surface area contributed by atoms with E-state index in [2.05, 4.69) is 21.5 Å².